The van der Waals surface area contributed by atoms with Gasteiger partial charge < -0.3 is 4.90 Å². The SMILES string of the molecule is CC1(C)CCCN(C(=O)C2CC2c2ccc(F)cc2)CC/C=C(/C#N)C1=O. The largest absolute Gasteiger partial charge is 0.342 e. The Labute approximate surface area is 159 Å². The number of benzene rings is 1. The lowest BCUT2D eigenvalue weighted by molar-refractivity contribution is -0.132. The fraction of sp³-hybridized carbons (Fsp3) is 0.500. The lowest BCUT2D eigenvalue weighted by Gasteiger charge is -2.28. The van der Waals surface area contributed by atoms with Gasteiger partial charge in [0.2, 0.25) is 5.91 Å². The molecule has 142 valence electrons. The third kappa shape index (κ3) is 4.27. The fourth-order valence-corrected chi connectivity index (χ4v) is 3.86. The second-order valence-corrected chi connectivity index (χ2v) is 8.16. The Morgan fingerprint density at radius 2 is 1.96 bits per heavy atom. The first-order valence-electron chi connectivity index (χ1n) is 9.53. The lowest BCUT2D eigenvalue weighted by Crippen LogP contribution is -2.36. The molecule has 1 aliphatic heterocycles. The molecule has 0 spiro atoms. The van der Waals surface area contributed by atoms with E-state index in [2.05, 4.69) is 0 Å². The molecular weight excluding hydrogens is 343 g/mol. The van der Waals surface area contributed by atoms with Crippen molar-refractivity contribution in [1.29, 1.82) is 5.26 Å². The molecule has 5 heteroatoms. The van der Waals surface area contributed by atoms with Crippen molar-refractivity contribution in [2.24, 2.45) is 11.3 Å². The fourth-order valence-electron chi connectivity index (χ4n) is 3.86. The number of hydrogen-bond donors (Lipinski definition) is 0. The standard InChI is InChI=1S/C22H25FN2O2/c1-22(2)10-4-12-25(11-3-5-16(14-24)20(22)26)21(27)19-13-18(19)15-6-8-17(23)9-7-15/h5-9,18-19H,3-4,10-13H2,1-2H3/b16-5-. The van der Waals surface area contributed by atoms with Crippen LogP contribution in [0.15, 0.2) is 35.9 Å². The second kappa shape index (κ2) is 7.64. The first-order chi connectivity index (χ1) is 12.8. The van der Waals surface area contributed by atoms with Gasteiger partial charge in [-0.1, -0.05) is 32.1 Å². The molecule has 3 rings (SSSR count). The highest BCUT2D eigenvalue weighted by Gasteiger charge is 2.45. The first-order valence-corrected chi connectivity index (χ1v) is 9.53. The molecule has 0 saturated heterocycles. The van der Waals surface area contributed by atoms with Crippen LogP contribution in [0.1, 0.15) is 51.0 Å². The maximum atomic E-state index is 13.1. The molecule has 0 bridgehead atoms. The van der Waals surface area contributed by atoms with E-state index in [0.29, 0.717) is 25.9 Å². The summed E-state index contributed by atoms with van der Waals surface area (Å²) in [6, 6.07) is 8.40. The summed E-state index contributed by atoms with van der Waals surface area (Å²) in [7, 11) is 0. The molecule has 1 amide bonds. The minimum Gasteiger partial charge on any atom is -0.342 e. The zero-order chi connectivity index (χ0) is 19.6. The van der Waals surface area contributed by atoms with Gasteiger partial charge in [-0.15, -0.1) is 0 Å². The van der Waals surface area contributed by atoms with Crippen LogP contribution in [-0.2, 0) is 9.59 Å². The van der Waals surface area contributed by atoms with E-state index in [1.807, 2.05) is 24.8 Å². The number of nitriles is 1. The van der Waals surface area contributed by atoms with E-state index in [9.17, 15) is 19.2 Å². The normalized spacial score (nSPS) is 27.3. The van der Waals surface area contributed by atoms with Gasteiger partial charge in [0.05, 0.1) is 5.57 Å². The highest BCUT2D eigenvalue weighted by Crippen LogP contribution is 2.48. The van der Waals surface area contributed by atoms with E-state index in [-0.39, 0.29) is 34.9 Å². The van der Waals surface area contributed by atoms with Crippen molar-refractivity contribution >= 4 is 11.7 Å². The molecule has 1 aromatic rings. The Morgan fingerprint density at radius 1 is 1.26 bits per heavy atom. The number of ketones is 1. The molecule has 0 radical (unpaired) electrons. The van der Waals surface area contributed by atoms with Crippen LogP contribution in [0.3, 0.4) is 0 Å². The number of halogens is 1. The van der Waals surface area contributed by atoms with Crippen LogP contribution < -0.4 is 0 Å². The molecule has 0 aromatic heterocycles. The average molecular weight is 368 g/mol. The second-order valence-electron chi connectivity index (χ2n) is 8.16. The number of carbonyl (C=O) groups is 2. The molecule has 1 aromatic carbocycles. The van der Waals surface area contributed by atoms with Crippen molar-refractivity contribution in [2.75, 3.05) is 13.1 Å². The van der Waals surface area contributed by atoms with Gasteiger partial charge in [0.15, 0.2) is 5.78 Å². The topological polar surface area (TPSA) is 61.2 Å². The third-order valence-electron chi connectivity index (χ3n) is 5.67. The molecule has 2 aliphatic rings. The number of hydrogen-bond acceptors (Lipinski definition) is 3. The molecular formula is C22H25FN2O2. The van der Waals surface area contributed by atoms with Crippen LogP contribution >= 0.6 is 0 Å². The predicted molar refractivity (Wildman–Crippen MR) is 100 cm³/mol. The lowest BCUT2D eigenvalue weighted by atomic mass is 9.79. The molecule has 1 heterocycles. The number of rotatable bonds is 2. The number of allylic oxidation sites excluding steroid dienone is 1. The maximum absolute atomic E-state index is 13.1. The van der Waals surface area contributed by atoms with E-state index >= 15 is 0 Å². The van der Waals surface area contributed by atoms with Gasteiger partial charge in [-0.25, -0.2) is 4.39 Å². The molecule has 1 saturated carbocycles. The van der Waals surface area contributed by atoms with Crippen molar-refractivity contribution in [1.82, 2.24) is 4.90 Å². The molecule has 27 heavy (non-hydrogen) atoms. The van der Waals surface area contributed by atoms with E-state index < -0.39 is 5.41 Å². The van der Waals surface area contributed by atoms with E-state index in [4.69, 9.17) is 0 Å². The minimum absolute atomic E-state index is 0.0486. The van der Waals surface area contributed by atoms with Crippen LogP contribution in [-0.4, -0.2) is 29.7 Å². The smallest absolute Gasteiger partial charge is 0.226 e. The van der Waals surface area contributed by atoms with E-state index in [1.54, 1.807) is 18.2 Å². The van der Waals surface area contributed by atoms with Gasteiger partial charge in [-0.2, -0.15) is 5.26 Å². The molecule has 2 atom stereocenters. The third-order valence-corrected chi connectivity index (χ3v) is 5.67. The van der Waals surface area contributed by atoms with Crippen molar-refractivity contribution in [3.63, 3.8) is 0 Å². The predicted octanol–water partition coefficient (Wildman–Crippen LogP) is 3.99. The van der Waals surface area contributed by atoms with Gasteiger partial charge in [0.25, 0.3) is 0 Å². The molecule has 0 N–H and O–H groups in total. The Kier molecular flexibility index (Phi) is 5.46. The maximum Gasteiger partial charge on any atom is 0.226 e. The highest BCUT2D eigenvalue weighted by atomic mass is 19.1. The zero-order valence-corrected chi connectivity index (χ0v) is 15.9. The zero-order valence-electron chi connectivity index (χ0n) is 15.9. The van der Waals surface area contributed by atoms with E-state index in [1.165, 1.54) is 12.1 Å². The van der Waals surface area contributed by atoms with Crippen molar-refractivity contribution in [3.05, 3.63) is 47.3 Å². The average Bonchev–Trinajstić information content (AvgIpc) is 3.43. The first kappa shape index (κ1) is 19.3. The van der Waals surface area contributed by atoms with Gasteiger partial charge in [-0.05, 0) is 49.3 Å². The van der Waals surface area contributed by atoms with Crippen LogP contribution in [0, 0.1) is 28.5 Å². The summed E-state index contributed by atoms with van der Waals surface area (Å²) in [5.41, 5.74) is 0.614. The number of amides is 1. The monoisotopic (exact) mass is 368 g/mol. The summed E-state index contributed by atoms with van der Waals surface area (Å²) in [6.45, 7) is 4.86. The Bertz CT molecular complexity index is 805. The Hall–Kier alpha value is -2.48. The highest BCUT2D eigenvalue weighted by molar-refractivity contribution is 6.02. The van der Waals surface area contributed by atoms with Crippen molar-refractivity contribution in [3.8, 4) is 6.07 Å². The van der Waals surface area contributed by atoms with Gasteiger partial charge in [0.1, 0.15) is 11.9 Å². The van der Waals surface area contributed by atoms with Crippen LogP contribution in [0.4, 0.5) is 4.39 Å². The molecule has 2 unspecified atom stereocenters. The molecule has 1 aliphatic carbocycles. The van der Waals surface area contributed by atoms with Crippen LogP contribution in [0.5, 0.6) is 0 Å². The number of Topliss-reactive ketones (excluding diaryl/α,β-unsaturated/α-hetero) is 1. The molecule has 4 nitrogen and oxygen atoms in total. The Balaban J connectivity index is 1.69. The minimum atomic E-state index is -0.593. The summed E-state index contributed by atoms with van der Waals surface area (Å²) in [6.07, 6.45) is 4.34. The van der Waals surface area contributed by atoms with Gasteiger partial charge >= 0.3 is 0 Å². The molecule has 1 fully saturated rings. The number of nitrogens with zero attached hydrogens (tertiary/aromatic N) is 2. The van der Waals surface area contributed by atoms with Crippen LogP contribution in [0.2, 0.25) is 0 Å². The summed E-state index contributed by atoms with van der Waals surface area (Å²) in [5, 5.41) is 9.28. The van der Waals surface area contributed by atoms with Crippen LogP contribution in [0.25, 0.3) is 0 Å². The summed E-state index contributed by atoms with van der Waals surface area (Å²) >= 11 is 0. The van der Waals surface area contributed by atoms with Gasteiger partial charge in [-0.3, -0.25) is 9.59 Å². The van der Waals surface area contributed by atoms with Crippen molar-refractivity contribution in [2.45, 2.75) is 45.4 Å². The summed E-state index contributed by atoms with van der Waals surface area (Å²) in [5.74, 6) is -0.135. The van der Waals surface area contributed by atoms with E-state index in [0.717, 1.165) is 18.4 Å². The van der Waals surface area contributed by atoms with Crippen molar-refractivity contribution < 1.29 is 14.0 Å². The quantitative estimate of drug-likeness (QED) is 0.793. The summed E-state index contributed by atoms with van der Waals surface area (Å²) in [4.78, 5) is 27.3. The number of carbonyl (C=O) groups excluding carboxylic acids is 2. The van der Waals surface area contributed by atoms with Gasteiger partial charge in [0, 0.05) is 24.4 Å². The Morgan fingerprint density at radius 3 is 2.63 bits per heavy atom. The summed E-state index contributed by atoms with van der Waals surface area (Å²) < 4.78 is 13.1.